The zero-order valence-corrected chi connectivity index (χ0v) is 17.5. The van der Waals surface area contributed by atoms with E-state index in [9.17, 15) is 28.4 Å². The number of carbonyl (C=O) groups excluding carboxylic acids is 3. The molecule has 3 atom stereocenters. The average molecular weight is 459 g/mol. The largest absolute Gasteiger partial charge is 0.332 e. The van der Waals surface area contributed by atoms with Crippen LogP contribution in [0.5, 0.6) is 0 Å². The number of imide groups is 1. The number of halogens is 2. The van der Waals surface area contributed by atoms with Crippen molar-refractivity contribution >= 4 is 34.3 Å². The number of likely N-dealkylation sites (tertiary alicyclic amines) is 1. The van der Waals surface area contributed by atoms with Crippen LogP contribution in [0.15, 0.2) is 48.7 Å². The second-order valence-electron chi connectivity index (χ2n) is 8.53. The molecule has 10 heteroatoms. The first-order chi connectivity index (χ1) is 16.4. The molecule has 3 aromatic rings. The van der Waals surface area contributed by atoms with Crippen molar-refractivity contribution in [3.8, 4) is 6.07 Å². The van der Waals surface area contributed by atoms with Gasteiger partial charge in [-0.1, -0.05) is 24.3 Å². The average Bonchev–Trinajstić information content (AvgIpc) is 3.49. The molecule has 34 heavy (non-hydrogen) atoms. The smallest absolute Gasteiger partial charge is 0.331 e. The molecular weight excluding hydrogens is 444 g/mol. The lowest BCUT2D eigenvalue weighted by Crippen LogP contribution is -2.54. The Morgan fingerprint density at radius 2 is 1.79 bits per heavy atom. The fraction of sp³-hybridized carbons (Fsp3) is 0.208. The minimum atomic E-state index is -0.900. The number of nitrogens with zero attached hydrogens (tertiary/aromatic N) is 5. The quantitative estimate of drug-likeness (QED) is 0.549. The van der Waals surface area contributed by atoms with Gasteiger partial charge in [0.15, 0.2) is 0 Å². The number of fused-ring (bicyclic) bond motifs is 6. The van der Waals surface area contributed by atoms with Crippen LogP contribution in [0.25, 0.3) is 10.8 Å². The Bertz CT molecular complexity index is 1450. The van der Waals surface area contributed by atoms with Gasteiger partial charge in [0.25, 0.3) is 11.8 Å². The topological polar surface area (TPSA) is 97.6 Å². The molecule has 2 aromatic carbocycles. The van der Waals surface area contributed by atoms with Gasteiger partial charge in [-0.25, -0.2) is 23.5 Å². The Labute approximate surface area is 191 Å². The van der Waals surface area contributed by atoms with Gasteiger partial charge in [0.1, 0.15) is 29.4 Å². The number of anilines is 1. The zero-order valence-electron chi connectivity index (χ0n) is 17.5. The van der Waals surface area contributed by atoms with Crippen LogP contribution in [0.3, 0.4) is 0 Å². The van der Waals surface area contributed by atoms with Crippen molar-refractivity contribution in [3.05, 3.63) is 71.6 Å². The van der Waals surface area contributed by atoms with E-state index in [0.717, 1.165) is 17.0 Å². The summed E-state index contributed by atoms with van der Waals surface area (Å²) in [4.78, 5) is 48.0. The second-order valence-corrected chi connectivity index (χ2v) is 8.53. The van der Waals surface area contributed by atoms with Crippen LogP contribution in [0, 0.1) is 23.0 Å². The number of amides is 4. The molecule has 8 nitrogen and oxygen atoms in total. The molecule has 0 spiro atoms. The molecule has 0 saturated carbocycles. The van der Waals surface area contributed by atoms with E-state index in [1.807, 2.05) is 6.07 Å². The summed E-state index contributed by atoms with van der Waals surface area (Å²) in [7, 11) is 0. The van der Waals surface area contributed by atoms with Crippen molar-refractivity contribution in [2.24, 2.45) is 0 Å². The molecule has 3 aliphatic heterocycles. The standard InChI is InChI=1S/C24H15F2N5O3/c25-13-5-12(6-14(26)7-13)22(32)29-11-15-8-19(29)21-23(33)31(24(34)30(15)21)20-10-28-18(9-27)16-3-1-2-4-17(16)20/h1-7,10,15,19,21H,8,11H2/t15-,19?,21-/m1/s1. The fourth-order valence-electron chi connectivity index (χ4n) is 5.40. The number of benzene rings is 2. The third-order valence-corrected chi connectivity index (χ3v) is 6.76. The molecule has 0 N–H and O–H groups in total. The SMILES string of the molecule is N#Cc1ncc(N2C(=O)[C@H]3C4C[C@H](CN4C(=O)c4cc(F)cc(F)c4)N3C2=O)c2ccccc12. The molecule has 2 bridgehead atoms. The first-order valence-corrected chi connectivity index (χ1v) is 10.6. The highest BCUT2D eigenvalue weighted by Crippen LogP contribution is 2.44. The maximum absolute atomic E-state index is 13.7. The van der Waals surface area contributed by atoms with Gasteiger partial charge in [-0.2, -0.15) is 5.26 Å². The maximum atomic E-state index is 13.7. The molecule has 1 unspecified atom stereocenters. The summed E-state index contributed by atoms with van der Waals surface area (Å²) in [6.07, 6.45) is 1.74. The first-order valence-electron chi connectivity index (χ1n) is 10.6. The third kappa shape index (κ3) is 2.67. The van der Waals surface area contributed by atoms with E-state index < -0.39 is 47.6 Å². The number of nitriles is 1. The van der Waals surface area contributed by atoms with Gasteiger partial charge in [0.05, 0.1) is 24.0 Å². The Kier molecular flexibility index (Phi) is 4.20. The number of pyridine rings is 1. The molecule has 4 heterocycles. The van der Waals surface area contributed by atoms with Crippen LogP contribution in [0.1, 0.15) is 22.5 Å². The van der Waals surface area contributed by atoms with Crippen molar-refractivity contribution in [3.63, 3.8) is 0 Å². The van der Waals surface area contributed by atoms with Crippen molar-refractivity contribution in [2.45, 2.75) is 24.5 Å². The fourth-order valence-corrected chi connectivity index (χ4v) is 5.40. The molecule has 1 aromatic heterocycles. The van der Waals surface area contributed by atoms with E-state index in [1.54, 1.807) is 24.3 Å². The summed E-state index contributed by atoms with van der Waals surface area (Å²) in [5, 5.41) is 10.4. The normalized spacial score (nSPS) is 23.1. The van der Waals surface area contributed by atoms with Crippen molar-refractivity contribution < 1.29 is 23.2 Å². The maximum Gasteiger partial charge on any atom is 0.332 e. The number of hydrogen-bond donors (Lipinski definition) is 0. The van der Waals surface area contributed by atoms with Crippen LogP contribution in [-0.2, 0) is 4.79 Å². The van der Waals surface area contributed by atoms with Crippen LogP contribution in [0.4, 0.5) is 19.3 Å². The second kappa shape index (κ2) is 7.05. The number of rotatable bonds is 2. The molecule has 3 saturated heterocycles. The van der Waals surface area contributed by atoms with Gasteiger partial charge in [-0.3, -0.25) is 9.59 Å². The number of urea groups is 1. The monoisotopic (exact) mass is 459 g/mol. The molecule has 4 amide bonds. The summed E-state index contributed by atoms with van der Waals surface area (Å²) in [6.45, 7) is 0.164. The van der Waals surface area contributed by atoms with Crippen molar-refractivity contribution in [1.29, 1.82) is 5.26 Å². The zero-order chi connectivity index (χ0) is 23.7. The lowest BCUT2D eigenvalue weighted by atomic mass is 10.1. The summed E-state index contributed by atoms with van der Waals surface area (Å²) < 4.78 is 27.3. The Hall–Kier alpha value is -4.39. The molecule has 6 rings (SSSR count). The number of carbonyl (C=O) groups is 3. The van der Waals surface area contributed by atoms with Gasteiger partial charge >= 0.3 is 6.03 Å². The van der Waals surface area contributed by atoms with Crippen LogP contribution >= 0.6 is 0 Å². The van der Waals surface area contributed by atoms with E-state index in [2.05, 4.69) is 4.98 Å². The van der Waals surface area contributed by atoms with Gasteiger partial charge in [-0.15, -0.1) is 0 Å². The van der Waals surface area contributed by atoms with Gasteiger partial charge in [0.2, 0.25) is 0 Å². The minimum absolute atomic E-state index is 0.146. The summed E-state index contributed by atoms with van der Waals surface area (Å²) in [5.74, 6) is -2.83. The molecule has 3 fully saturated rings. The minimum Gasteiger partial charge on any atom is -0.331 e. The lowest BCUT2D eigenvalue weighted by molar-refractivity contribution is -0.121. The van der Waals surface area contributed by atoms with Gasteiger partial charge < -0.3 is 9.80 Å². The van der Waals surface area contributed by atoms with Crippen molar-refractivity contribution in [1.82, 2.24) is 14.8 Å². The highest BCUT2D eigenvalue weighted by Gasteiger charge is 2.63. The van der Waals surface area contributed by atoms with Crippen LogP contribution in [0.2, 0.25) is 0 Å². The highest BCUT2D eigenvalue weighted by molar-refractivity contribution is 6.25. The number of piperazine rings is 1. The van der Waals surface area contributed by atoms with E-state index in [4.69, 9.17) is 0 Å². The van der Waals surface area contributed by atoms with E-state index in [-0.39, 0.29) is 23.5 Å². The summed E-state index contributed by atoms with van der Waals surface area (Å²) in [6, 6.07) is 9.07. The highest BCUT2D eigenvalue weighted by atomic mass is 19.1. The molecule has 3 aliphatic rings. The van der Waals surface area contributed by atoms with E-state index in [1.165, 1.54) is 16.0 Å². The Morgan fingerprint density at radius 1 is 1.09 bits per heavy atom. The van der Waals surface area contributed by atoms with E-state index >= 15 is 0 Å². The third-order valence-electron chi connectivity index (χ3n) is 6.76. The van der Waals surface area contributed by atoms with Gasteiger partial charge in [-0.05, 0) is 18.6 Å². The number of aromatic nitrogens is 1. The lowest BCUT2D eigenvalue weighted by Gasteiger charge is -2.34. The predicted molar refractivity (Wildman–Crippen MR) is 115 cm³/mol. The molecule has 168 valence electrons. The van der Waals surface area contributed by atoms with Crippen molar-refractivity contribution in [2.75, 3.05) is 11.4 Å². The van der Waals surface area contributed by atoms with Crippen LogP contribution < -0.4 is 4.90 Å². The first kappa shape index (κ1) is 20.2. The number of hydrogen-bond acceptors (Lipinski definition) is 5. The summed E-state index contributed by atoms with van der Waals surface area (Å²) in [5.41, 5.74) is 0.300. The van der Waals surface area contributed by atoms with Crippen LogP contribution in [-0.4, -0.2) is 57.3 Å². The van der Waals surface area contributed by atoms with E-state index in [0.29, 0.717) is 23.3 Å². The predicted octanol–water partition coefficient (Wildman–Crippen LogP) is 2.82. The van der Waals surface area contributed by atoms with Gasteiger partial charge in [0, 0.05) is 28.9 Å². The summed E-state index contributed by atoms with van der Waals surface area (Å²) >= 11 is 0. The molecule has 0 aliphatic carbocycles. The molecular formula is C24H15F2N5O3. The molecule has 0 radical (unpaired) electrons. The Morgan fingerprint density at radius 3 is 2.50 bits per heavy atom. The Balaban J connectivity index is 1.37.